The molecule has 2 rings (SSSR count). The highest BCUT2D eigenvalue weighted by molar-refractivity contribution is 6.33. The second-order valence-corrected chi connectivity index (χ2v) is 4.74. The lowest BCUT2D eigenvalue weighted by Gasteiger charge is -2.21. The first-order valence-corrected chi connectivity index (χ1v) is 6.06. The summed E-state index contributed by atoms with van der Waals surface area (Å²) in [6.07, 6.45) is 1.65. The van der Waals surface area contributed by atoms with E-state index in [1.165, 1.54) is 0 Å². The Balaban J connectivity index is 2.31. The van der Waals surface area contributed by atoms with Crippen LogP contribution in [-0.4, -0.2) is 49.5 Å². The molecule has 0 radical (unpaired) electrons. The molecule has 18 heavy (non-hydrogen) atoms. The molecule has 2 aromatic heterocycles. The van der Waals surface area contributed by atoms with Gasteiger partial charge < -0.3 is 5.11 Å². The Labute approximate surface area is 110 Å². The van der Waals surface area contributed by atoms with Gasteiger partial charge in [-0.2, -0.15) is 5.10 Å². The fourth-order valence-electron chi connectivity index (χ4n) is 1.62. The summed E-state index contributed by atoms with van der Waals surface area (Å²) in [5, 5.41) is 14.4. The maximum Gasteiger partial charge on any atom is 0.162 e. The van der Waals surface area contributed by atoms with Crippen LogP contribution in [0.2, 0.25) is 5.15 Å². The Kier molecular flexibility index (Phi) is 3.79. The van der Waals surface area contributed by atoms with Crippen LogP contribution in [0.3, 0.4) is 0 Å². The van der Waals surface area contributed by atoms with Crippen LogP contribution in [0.5, 0.6) is 0 Å². The Morgan fingerprint density at radius 3 is 2.89 bits per heavy atom. The van der Waals surface area contributed by atoms with Gasteiger partial charge in [-0.15, -0.1) is 0 Å². The Morgan fingerprint density at radius 2 is 2.22 bits per heavy atom. The molecular formula is C11H16ClN5O. The van der Waals surface area contributed by atoms with Crippen molar-refractivity contribution in [3.05, 3.63) is 17.2 Å². The zero-order valence-corrected chi connectivity index (χ0v) is 11.4. The molecule has 0 saturated carbocycles. The topological polar surface area (TPSA) is 67.1 Å². The molecule has 1 N–H and O–H groups in total. The van der Waals surface area contributed by atoms with Crippen molar-refractivity contribution >= 4 is 22.6 Å². The summed E-state index contributed by atoms with van der Waals surface area (Å²) in [5.74, 6) is 0.624. The van der Waals surface area contributed by atoms with Crippen LogP contribution in [0.15, 0.2) is 6.20 Å². The molecule has 0 amide bonds. The number of likely N-dealkylation sites (N-methyl/N-ethyl adjacent to an activating group) is 1. The number of aromatic nitrogens is 4. The predicted molar refractivity (Wildman–Crippen MR) is 69.3 cm³/mol. The van der Waals surface area contributed by atoms with Gasteiger partial charge in [0.25, 0.3) is 0 Å². The van der Waals surface area contributed by atoms with E-state index in [1.54, 1.807) is 10.9 Å². The van der Waals surface area contributed by atoms with E-state index in [0.717, 1.165) is 11.0 Å². The molecule has 98 valence electrons. The molecular weight excluding hydrogens is 254 g/mol. The number of aryl methyl sites for hydroxylation is 1. The molecule has 0 aromatic carbocycles. The maximum absolute atomic E-state index is 9.10. The molecule has 2 heterocycles. The lowest BCUT2D eigenvalue weighted by Crippen LogP contribution is -2.32. The second kappa shape index (κ2) is 5.17. The minimum Gasteiger partial charge on any atom is -0.395 e. The third-order valence-electron chi connectivity index (χ3n) is 3.00. The van der Waals surface area contributed by atoms with E-state index in [9.17, 15) is 0 Å². The third kappa shape index (κ3) is 2.45. The Morgan fingerprint density at radius 1 is 1.50 bits per heavy atom. The average molecular weight is 270 g/mol. The summed E-state index contributed by atoms with van der Waals surface area (Å²) in [7, 11) is 3.72. The van der Waals surface area contributed by atoms with Crippen molar-refractivity contribution in [2.45, 2.75) is 19.5 Å². The summed E-state index contributed by atoms with van der Waals surface area (Å²) in [5.41, 5.74) is 0.718. The number of aliphatic hydroxyl groups is 1. The standard InChI is InChI=1S/C11H16ClN5O/c1-7(6-18)16(2)5-9-14-10(12)8-4-13-17(3)11(8)15-9/h4,7,18H,5-6H2,1-3H3. The minimum atomic E-state index is 0.0506. The number of nitrogens with zero attached hydrogens (tertiary/aromatic N) is 5. The van der Waals surface area contributed by atoms with Crippen molar-refractivity contribution in [3.8, 4) is 0 Å². The fourth-order valence-corrected chi connectivity index (χ4v) is 1.85. The number of fused-ring (bicyclic) bond motifs is 1. The zero-order valence-electron chi connectivity index (χ0n) is 10.6. The Bertz CT molecular complexity index is 556. The number of halogens is 1. The highest BCUT2D eigenvalue weighted by atomic mass is 35.5. The SMILES string of the molecule is CC(CO)N(C)Cc1nc(Cl)c2cnn(C)c2n1. The van der Waals surface area contributed by atoms with Gasteiger partial charge in [-0.1, -0.05) is 11.6 Å². The highest BCUT2D eigenvalue weighted by Gasteiger charge is 2.13. The van der Waals surface area contributed by atoms with Crippen molar-refractivity contribution in [1.82, 2.24) is 24.6 Å². The molecule has 0 spiro atoms. The van der Waals surface area contributed by atoms with Gasteiger partial charge in [0, 0.05) is 13.1 Å². The van der Waals surface area contributed by atoms with E-state index >= 15 is 0 Å². The quantitative estimate of drug-likeness (QED) is 0.833. The second-order valence-electron chi connectivity index (χ2n) is 4.38. The van der Waals surface area contributed by atoms with Crippen LogP contribution in [0.1, 0.15) is 12.7 Å². The molecule has 0 saturated heterocycles. The average Bonchev–Trinajstić information content (AvgIpc) is 2.71. The van der Waals surface area contributed by atoms with Gasteiger partial charge in [-0.05, 0) is 14.0 Å². The molecule has 1 unspecified atom stereocenters. The minimum absolute atomic E-state index is 0.0506. The molecule has 0 aliphatic heterocycles. The van der Waals surface area contributed by atoms with Gasteiger partial charge >= 0.3 is 0 Å². The van der Waals surface area contributed by atoms with E-state index in [-0.39, 0.29) is 12.6 Å². The largest absolute Gasteiger partial charge is 0.395 e. The monoisotopic (exact) mass is 269 g/mol. The molecule has 0 bridgehead atoms. The van der Waals surface area contributed by atoms with E-state index in [0.29, 0.717) is 17.5 Å². The van der Waals surface area contributed by atoms with Crippen molar-refractivity contribution in [2.75, 3.05) is 13.7 Å². The van der Waals surface area contributed by atoms with E-state index in [4.69, 9.17) is 16.7 Å². The number of aliphatic hydroxyl groups excluding tert-OH is 1. The first-order valence-electron chi connectivity index (χ1n) is 5.68. The van der Waals surface area contributed by atoms with E-state index < -0.39 is 0 Å². The summed E-state index contributed by atoms with van der Waals surface area (Å²) in [4.78, 5) is 10.6. The fraction of sp³-hybridized carbons (Fsp3) is 0.545. The van der Waals surface area contributed by atoms with Gasteiger partial charge in [-0.25, -0.2) is 9.97 Å². The van der Waals surface area contributed by atoms with Gasteiger partial charge in [-0.3, -0.25) is 9.58 Å². The van der Waals surface area contributed by atoms with Crippen LogP contribution in [-0.2, 0) is 13.6 Å². The van der Waals surface area contributed by atoms with Crippen molar-refractivity contribution in [1.29, 1.82) is 0 Å². The lowest BCUT2D eigenvalue weighted by atomic mass is 10.3. The van der Waals surface area contributed by atoms with Crippen molar-refractivity contribution < 1.29 is 5.11 Å². The smallest absolute Gasteiger partial charge is 0.162 e. The molecule has 6 nitrogen and oxygen atoms in total. The van der Waals surface area contributed by atoms with E-state index in [2.05, 4.69) is 15.1 Å². The first kappa shape index (κ1) is 13.2. The predicted octanol–water partition coefficient (Wildman–Crippen LogP) is 0.829. The van der Waals surface area contributed by atoms with Crippen molar-refractivity contribution in [2.24, 2.45) is 7.05 Å². The maximum atomic E-state index is 9.10. The van der Waals surface area contributed by atoms with Crippen molar-refractivity contribution in [3.63, 3.8) is 0 Å². The summed E-state index contributed by atoms with van der Waals surface area (Å²) >= 11 is 6.10. The molecule has 0 aliphatic rings. The van der Waals surface area contributed by atoms with Gasteiger partial charge in [0.2, 0.25) is 0 Å². The van der Waals surface area contributed by atoms with Gasteiger partial charge in [0.15, 0.2) is 5.65 Å². The molecule has 7 heteroatoms. The zero-order chi connectivity index (χ0) is 13.3. The van der Waals surface area contributed by atoms with Crippen LogP contribution < -0.4 is 0 Å². The lowest BCUT2D eigenvalue weighted by molar-refractivity contribution is 0.151. The normalized spacial score (nSPS) is 13.4. The molecule has 0 fully saturated rings. The Hall–Kier alpha value is -1.24. The summed E-state index contributed by atoms with van der Waals surface area (Å²) < 4.78 is 1.67. The third-order valence-corrected chi connectivity index (χ3v) is 3.29. The van der Waals surface area contributed by atoms with Crippen LogP contribution in [0.4, 0.5) is 0 Å². The number of rotatable bonds is 4. The van der Waals surface area contributed by atoms with Crippen LogP contribution in [0, 0.1) is 0 Å². The van der Waals surface area contributed by atoms with Gasteiger partial charge in [0.05, 0.1) is 24.7 Å². The molecule has 1 atom stereocenters. The van der Waals surface area contributed by atoms with Crippen LogP contribution in [0.25, 0.3) is 11.0 Å². The number of hydrogen-bond donors (Lipinski definition) is 1. The highest BCUT2D eigenvalue weighted by Crippen LogP contribution is 2.19. The first-order chi connectivity index (χ1) is 8.52. The van der Waals surface area contributed by atoms with Gasteiger partial charge in [0.1, 0.15) is 11.0 Å². The van der Waals surface area contributed by atoms with E-state index in [1.807, 2.05) is 25.9 Å². The van der Waals surface area contributed by atoms with Crippen LogP contribution >= 0.6 is 11.6 Å². The summed E-state index contributed by atoms with van der Waals surface area (Å²) in [6.45, 7) is 2.56. The molecule has 0 aliphatic carbocycles. The molecule has 2 aromatic rings. The number of hydrogen-bond acceptors (Lipinski definition) is 5. The summed E-state index contributed by atoms with van der Waals surface area (Å²) in [6, 6.07) is 0.0506.